The highest BCUT2D eigenvalue weighted by molar-refractivity contribution is 6.94. The first kappa shape index (κ1) is 24.2. The molecule has 3 unspecified atom stereocenters. The van der Waals surface area contributed by atoms with Crippen LogP contribution in [0.2, 0.25) is 12.6 Å². The van der Waals surface area contributed by atoms with Gasteiger partial charge in [0, 0.05) is 13.1 Å². The van der Waals surface area contributed by atoms with Crippen LogP contribution in [0.3, 0.4) is 0 Å². The van der Waals surface area contributed by atoms with Crippen molar-refractivity contribution in [3.63, 3.8) is 0 Å². The van der Waals surface area contributed by atoms with Gasteiger partial charge in [0.15, 0.2) is 0 Å². The van der Waals surface area contributed by atoms with Gasteiger partial charge in [-0.3, -0.25) is 4.90 Å². The molecule has 3 atom stereocenters. The number of alkyl halides is 3. The van der Waals surface area contributed by atoms with Gasteiger partial charge in [0.1, 0.15) is 8.07 Å². The minimum atomic E-state index is -4.28. The fourth-order valence-electron chi connectivity index (χ4n) is 4.23. The first-order chi connectivity index (χ1) is 13.6. The summed E-state index contributed by atoms with van der Waals surface area (Å²) in [5.41, 5.74) is 1.43. The van der Waals surface area contributed by atoms with Crippen LogP contribution in [0.4, 0.5) is 13.2 Å². The number of halogens is 3. The van der Waals surface area contributed by atoms with E-state index < -0.39 is 19.8 Å². The number of hydrogen-bond donors (Lipinski definition) is 0. The van der Waals surface area contributed by atoms with Gasteiger partial charge in [0.05, 0.1) is 17.8 Å². The molecule has 0 bridgehead atoms. The Balaban J connectivity index is 1.69. The highest BCUT2D eigenvalue weighted by Gasteiger charge is 2.31. The first-order valence-corrected chi connectivity index (χ1v) is 13.6. The molecule has 2 nitrogen and oxygen atoms in total. The van der Waals surface area contributed by atoms with Crippen LogP contribution in [0, 0.1) is 0 Å². The monoisotopic (exact) mass is 427 g/mol. The Morgan fingerprint density at radius 1 is 1.03 bits per heavy atom. The average molecular weight is 428 g/mol. The van der Waals surface area contributed by atoms with Crippen LogP contribution in [-0.2, 0) is 10.9 Å². The van der Waals surface area contributed by atoms with Crippen LogP contribution in [0.15, 0.2) is 36.5 Å². The maximum atomic E-state index is 12.8. The molecular formula is C23H36F3NOSi. The molecule has 1 aliphatic rings. The molecular weight excluding hydrogens is 391 g/mol. The van der Waals surface area contributed by atoms with Crippen LogP contribution in [-0.4, -0.2) is 44.8 Å². The quantitative estimate of drug-likeness (QED) is 0.347. The van der Waals surface area contributed by atoms with E-state index >= 15 is 0 Å². The lowest BCUT2D eigenvalue weighted by atomic mass is 10.1. The van der Waals surface area contributed by atoms with Gasteiger partial charge in [-0.2, -0.15) is 13.2 Å². The molecule has 0 aromatic heterocycles. The van der Waals surface area contributed by atoms with Crippen molar-refractivity contribution in [2.45, 2.75) is 76.9 Å². The van der Waals surface area contributed by atoms with Gasteiger partial charge < -0.3 is 4.74 Å². The third kappa shape index (κ3) is 7.57. The van der Waals surface area contributed by atoms with E-state index in [1.165, 1.54) is 37.8 Å². The van der Waals surface area contributed by atoms with Gasteiger partial charge in [-0.15, -0.1) is 6.58 Å². The van der Waals surface area contributed by atoms with Crippen molar-refractivity contribution in [1.29, 1.82) is 0 Å². The van der Waals surface area contributed by atoms with Crippen molar-refractivity contribution in [3.8, 4) is 0 Å². The predicted molar refractivity (Wildman–Crippen MR) is 117 cm³/mol. The maximum Gasteiger partial charge on any atom is 0.416 e. The predicted octanol–water partition coefficient (Wildman–Crippen LogP) is 5.78. The molecule has 1 saturated heterocycles. The molecule has 1 fully saturated rings. The maximum absolute atomic E-state index is 12.8. The zero-order chi connectivity index (χ0) is 21.5. The lowest BCUT2D eigenvalue weighted by Crippen LogP contribution is -2.45. The molecule has 0 radical (unpaired) electrons. The zero-order valence-corrected chi connectivity index (χ0v) is 19.1. The van der Waals surface area contributed by atoms with Crippen LogP contribution < -0.4 is 5.19 Å². The second-order valence-corrected chi connectivity index (χ2v) is 13.1. The second-order valence-electron chi connectivity index (χ2n) is 8.73. The molecule has 2 rings (SSSR count). The second kappa shape index (κ2) is 10.8. The minimum absolute atomic E-state index is 0.325. The van der Waals surface area contributed by atoms with Gasteiger partial charge >= 0.3 is 6.18 Å². The van der Waals surface area contributed by atoms with E-state index in [4.69, 9.17) is 4.74 Å². The highest BCUT2D eigenvalue weighted by Crippen LogP contribution is 2.29. The molecule has 0 saturated carbocycles. The van der Waals surface area contributed by atoms with Gasteiger partial charge in [-0.1, -0.05) is 73.4 Å². The first-order valence-electron chi connectivity index (χ1n) is 10.8. The molecule has 1 aliphatic heterocycles. The van der Waals surface area contributed by atoms with Crippen molar-refractivity contribution >= 4 is 13.3 Å². The largest absolute Gasteiger partial charge is 0.416 e. The molecule has 0 spiro atoms. The molecule has 0 N–H and O–H groups in total. The van der Waals surface area contributed by atoms with E-state index in [1.807, 2.05) is 5.70 Å². The standard InChI is InChI=1S/C23H36F3NOSi/c1-5-29(4,22-13-11-21(12-14-22)23(24,25)26)16-10-8-6-7-9-15-27-17-19(2)28-20(3)18-27/h5,11-14,19-20H,1,6-10,15-18H2,2-4H3. The van der Waals surface area contributed by atoms with Crippen LogP contribution in [0.5, 0.6) is 0 Å². The Bertz CT molecular complexity index is 624. The van der Waals surface area contributed by atoms with E-state index in [0.29, 0.717) is 12.2 Å². The topological polar surface area (TPSA) is 12.5 Å². The Morgan fingerprint density at radius 2 is 1.59 bits per heavy atom. The lowest BCUT2D eigenvalue weighted by Gasteiger charge is -2.35. The van der Waals surface area contributed by atoms with E-state index in [1.54, 1.807) is 12.1 Å². The van der Waals surface area contributed by atoms with Crippen molar-refractivity contribution in [2.75, 3.05) is 19.6 Å². The van der Waals surface area contributed by atoms with Gasteiger partial charge in [-0.05, 0) is 26.8 Å². The van der Waals surface area contributed by atoms with Gasteiger partial charge in [0.2, 0.25) is 0 Å². The fourth-order valence-corrected chi connectivity index (χ4v) is 6.87. The summed E-state index contributed by atoms with van der Waals surface area (Å²) >= 11 is 0. The molecule has 6 heteroatoms. The normalized spacial score (nSPS) is 23.0. The smallest absolute Gasteiger partial charge is 0.373 e. The summed E-state index contributed by atoms with van der Waals surface area (Å²) in [4.78, 5) is 2.51. The van der Waals surface area contributed by atoms with Crippen LogP contribution in [0.25, 0.3) is 0 Å². The van der Waals surface area contributed by atoms with Crippen LogP contribution in [0.1, 0.15) is 51.5 Å². The van der Waals surface area contributed by atoms with Gasteiger partial charge in [-0.25, -0.2) is 0 Å². The highest BCUT2D eigenvalue weighted by atomic mass is 28.3. The van der Waals surface area contributed by atoms with Crippen molar-refractivity contribution in [1.82, 2.24) is 4.90 Å². The summed E-state index contributed by atoms with van der Waals surface area (Å²) < 4.78 is 44.1. The molecule has 29 heavy (non-hydrogen) atoms. The molecule has 164 valence electrons. The Hall–Kier alpha value is -1.11. The third-order valence-electron chi connectivity index (χ3n) is 5.99. The number of nitrogens with zero attached hydrogens (tertiary/aromatic N) is 1. The SMILES string of the molecule is C=C[Si](C)(CCCCCCCN1CC(C)OC(C)C1)c1ccc(C(F)(F)F)cc1. The van der Waals surface area contributed by atoms with E-state index in [9.17, 15) is 13.2 Å². The lowest BCUT2D eigenvalue weighted by molar-refractivity contribution is -0.137. The average Bonchev–Trinajstić information content (AvgIpc) is 2.65. The number of morpholine rings is 1. The summed E-state index contributed by atoms with van der Waals surface area (Å²) in [6.07, 6.45) is 2.32. The molecule has 1 aromatic rings. The summed E-state index contributed by atoms with van der Waals surface area (Å²) in [6, 6.07) is 6.76. The van der Waals surface area contributed by atoms with E-state index in [2.05, 4.69) is 31.9 Å². The Morgan fingerprint density at radius 3 is 2.14 bits per heavy atom. The van der Waals surface area contributed by atoms with Crippen molar-refractivity contribution in [2.24, 2.45) is 0 Å². The molecule has 1 heterocycles. The summed E-state index contributed by atoms with van der Waals surface area (Å²) in [7, 11) is -1.92. The minimum Gasteiger partial charge on any atom is -0.373 e. The molecule has 1 aromatic carbocycles. The summed E-state index contributed by atoms with van der Waals surface area (Å²) in [5, 5.41) is 1.04. The van der Waals surface area contributed by atoms with E-state index in [-0.39, 0.29) is 0 Å². The Labute approximate surface area is 175 Å². The molecule has 0 amide bonds. The number of hydrogen-bond acceptors (Lipinski definition) is 2. The van der Waals surface area contributed by atoms with Gasteiger partial charge in [0.25, 0.3) is 0 Å². The summed E-state index contributed by atoms with van der Waals surface area (Å²) in [6.45, 7) is 13.7. The zero-order valence-electron chi connectivity index (χ0n) is 18.1. The Kier molecular flexibility index (Phi) is 8.98. The number of ether oxygens (including phenoxy) is 1. The van der Waals surface area contributed by atoms with Crippen molar-refractivity contribution in [3.05, 3.63) is 42.1 Å². The number of rotatable bonds is 10. The third-order valence-corrected chi connectivity index (χ3v) is 9.93. The van der Waals surface area contributed by atoms with Crippen LogP contribution >= 0.6 is 0 Å². The summed E-state index contributed by atoms with van der Waals surface area (Å²) in [5.74, 6) is 0. The number of benzene rings is 1. The van der Waals surface area contributed by atoms with Crippen molar-refractivity contribution < 1.29 is 17.9 Å². The van der Waals surface area contributed by atoms with E-state index in [0.717, 1.165) is 37.3 Å². The fraction of sp³-hybridized carbons (Fsp3) is 0.652. The number of unbranched alkanes of at least 4 members (excludes halogenated alkanes) is 4. The molecule has 0 aliphatic carbocycles.